The summed E-state index contributed by atoms with van der Waals surface area (Å²) in [5.41, 5.74) is 27.4. The number of nitrogens with two attached hydrogens (primary N) is 5. The predicted octanol–water partition coefficient (Wildman–Crippen LogP) is -8.00. The van der Waals surface area contributed by atoms with Gasteiger partial charge in [-0.1, -0.05) is 27.7 Å². The fourth-order valence-electron chi connectivity index (χ4n) is 7.31. The van der Waals surface area contributed by atoms with Crippen LogP contribution in [-0.4, -0.2) is 207 Å². The number of amides is 9. The maximum absolute atomic E-state index is 14.0. The van der Waals surface area contributed by atoms with Gasteiger partial charge in [-0.25, -0.2) is 4.79 Å². The van der Waals surface area contributed by atoms with Crippen molar-refractivity contribution in [2.24, 2.45) is 45.5 Å². The zero-order valence-corrected chi connectivity index (χ0v) is 45.7. The molecule has 452 valence electrons. The van der Waals surface area contributed by atoms with E-state index in [1.807, 2.05) is 0 Å². The van der Waals surface area contributed by atoms with Crippen LogP contribution in [0, 0.1) is 11.8 Å². The highest BCUT2D eigenvalue weighted by Gasteiger charge is 2.38. The Balaban J connectivity index is 6.54. The molecule has 0 spiro atoms. The summed E-state index contributed by atoms with van der Waals surface area (Å²) in [6, 6.07) is -16.0. The lowest BCUT2D eigenvalue weighted by atomic mass is 9.99. The number of nitrogens with zero attached hydrogens (tertiary/aromatic N) is 1. The van der Waals surface area contributed by atoms with Crippen molar-refractivity contribution in [2.45, 2.75) is 178 Å². The SMILES string of the molecule is CC(C)C[C@H](NC(=O)[C@H](CCCCN)NC(=O)[C@H](CO)NC(=O)[C@@H](N)[C@@H](C)O)C(=O)N[C@H](C(=O)N[C@H](C(=O)N[C@@H](CC(=O)O)C(=O)N[C@@H](CCCCN)C(=O)N[C@@H](CO)C(=O)N[C@@H](CCCN=C(N)N)C(=O)O)C(C)C)[C@@H](C)O. The third-order valence-electron chi connectivity index (χ3n) is 11.8. The summed E-state index contributed by atoms with van der Waals surface area (Å²) in [4.78, 5) is 149. The van der Waals surface area contributed by atoms with Gasteiger partial charge in [0.2, 0.25) is 53.2 Å². The standard InChI is InChI=1S/C47H87N15O17/c1-22(2)18-29(57-37(69)26(12-7-9-15-48)55-41(73)32(21-64)60-43(75)34(50)24(5)65)40(72)62-36(25(6)66)45(77)61-35(23(3)4)44(76)58-30(19-33(67)68)39(71)54-27(13-8-10-16-49)38(70)59-31(20-63)42(74)56-28(46(78)79)14-11-17-53-47(51)52/h22-32,34-36,63-66H,7-21,48-50H2,1-6H3,(H,54,71)(H,55,73)(H,56,74)(H,57,69)(H,58,76)(H,59,70)(H,60,75)(H,61,77)(H,62,72)(H,67,68)(H,78,79)(H4,51,52,53)/t24-,25-,26+,27+,28+,29+,30+,31+,32+,34+,35+,36+/m1/s1. The van der Waals surface area contributed by atoms with Crippen LogP contribution in [0.5, 0.6) is 0 Å². The van der Waals surface area contributed by atoms with E-state index in [2.05, 4.69) is 52.8 Å². The fraction of sp³-hybridized carbons (Fsp3) is 0.745. The topological polar surface area (TPSA) is 560 Å². The van der Waals surface area contributed by atoms with E-state index in [1.165, 1.54) is 20.8 Å². The number of hydrogen-bond acceptors (Lipinski definition) is 19. The molecule has 0 radical (unpaired) electrons. The number of carbonyl (C=O) groups is 11. The molecule has 0 aliphatic heterocycles. The van der Waals surface area contributed by atoms with E-state index in [1.54, 1.807) is 13.8 Å². The molecule has 0 bridgehead atoms. The number of carbonyl (C=O) groups excluding carboxylic acids is 9. The summed E-state index contributed by atoms with van der Waals surface area (Å²) < 4.78 is 0. The van der Waals surface area contributed by atoms with Crippen LogP contribution in [0.2, 0.25) is 0 Å². The highest BCUT2D eigenvalue weighted by atomic mass is 16.4. The van der Waals surface area contributed by atoms with Crippen molar-refractivity contribution in [1.82, 2.24) is 47.9 Å². The number of guanidine groups is 1. The zero-order chi connectivity index (χ0) is 60.7. The molecule has 0 saturated carbocycles. The molecule has 0 aromatic rings. The summed E-state index contributed by atoms with van der Waals surface area (Å²) in [7, 11) is 0. The minimum Gasteiger partial charge on any atom is -0.481 e. The first-order valence-electron chi connectivity index (χ1n) is 25.9. The van der Waals surface area contributed by atoms with E-state index in [9.17, 15) is 83.4 Å². The number of nitrogens with one attached hydrogen (secondary N) is 9. The van der Waals surface area contributed by atoms with Gasteiger partial charge in [-0.15, -0.1) is 0 Å². The number of unbranched alkanes of at least 4 members (excludes halogenated alkanes) is 2. The van der Waals surface area contributed by atoms with E-state index in [0.29, 0.717) is 19.3 Å². The molecule has 25 N–H and O–H groups in total. The first kappa shape index (κ1) is 72.2. The largest absolute Gasteiger partial charge is 0.481 e. The van der Waals surface area contributed by atoms with Crippen LogP contribution in [0.4, 0.5) is 0 Å². The minimum atomic E-state index is -1.93. The second-order valence-electron chi connectivity index (χ2n) is 19.6. The minimum absolute atomic E-state index is 0.0319. The van der Waals surface area contributed by atoms with Gasteiger partial charge in [-0.2, -0.15) is 0 Å². The summed E-state index contributed by atoms with van der Waals surface area (Å²) >= 11 is 0. The summed E-state index contributed by atoms with van der Waals surface area (Å²) in [5, 5.41) is 80.8. The smallest absolute Gasteiger partial charge is 0.326 e. The third kappa shape index (κ3) is 28.0. The lowest BCUT2D eigenvalue weighted by molar-refractivity contribution is -0.143. The summed E-state index contributed by atoms with van der Waals surface area (Å²) in [5.74, 6) is -14.0. The summed E-state index contributed by atoms with van der Waals surface area (Å²) in [6.07, 6.45) is -3.12. The van der Waals surface area contributed by atoms with Crippen LogP contribution in [0.25, 0.3) is 0 Å². The first-order valence-corrected chi connectivity index (χ1v) is 25.9. The normalized spacial score (nSPS) is 15.8. The lowest BCUT2D eigenvalue weighted by Gasteiger charge is -2.30. The van der Waals surface area contributed by atoms with Crippen LogP contribution in [0.1, 0.15) is 106 Å². The van der Waals surface area contributed by atoms with Gasteiger partial charge < -0.3 is 107 Å². The fourth-order valence-corrected chi connectivity index (χ4v) is 7.31. The molecular formula is C47H87N15O17. The molecule has 79 heavy (non-hydrogen) atoms. The van der Waals surface area contributed by atoms with E-state index >= 15 is 0 Å². The van der Waals surface area contributed by atoms with E-state index < -0.39 is 163 Å². The van der Waals surface area contributed by atoms with Crippen LogP contribution < -0.4 is 76.5 Å². The lowest BCUT2D eigenvalue weighted by Crippen LogP contribution is -2.63. The highest BCUT2D eigenvalue weighted by Crippen LogP contribution is 2.12. The maximum atomic E-state index is 14.0. The van der Waals surface area contributed by atoms with Crippen LogP contribution in [-0.2, 0) is 52.7 Å². The van der Waals surface area contributed by atoms with Gasteiger partial charge in [0, 0.05) is 6.54 Å². The second-order valence-corrected chi connectivity index (χ2v) is 19.6. The van der Waals surface area contributed by atoms with Gasteiger partial charge in [-0.3, -0.25) is 52.9 Å². The van der Waals surface area contributed by atoms with Crippen molar-refractivity contribution in [3.63, 3.8) is 0 Å². The molecule has 0 aromatic carbocycles. The van der Waals surface area contributed by atoms with Gasteiger partial charge in [-0.05, 0) is 96.6 Å². The van der Waals surface area contributed by atoms with Crippen molar-refractivity contribution in [3.05, 3.63) is 0 Å². The summed E-state index contributed by atoms with van der Waals surface area (Å²) in [6.45, 7) is 7.13. The Kier molecular flexibility index (Phi) is 34.6. The molecule has 0 aliphatic rings. The molecule has 9 amide bonds. The number of aliphatic hydroxyl groups excluding tert-OH is 4. The highest BCUT2D eigenvalue weighted by molar-refractivity contribution is 5.99. The average molecular weight is 1130 g/mol. The van der Waals surface area contributed by atoms with Crippen molar-refractivity contribution in [1.29, 1.82) is 0 Å². The van der Waals surface area contributed by atoms with Gasteiger partial charge in [0.25, 0.3) is 0 Å². The molecule has 0 aromatic heterocycles. The van der Waals surface area contributed by atoms with Crippen molar-refractivity contribution < 1.29 is 83.4 Å². The number of carboxylic acid groups (broad SMARTS) is 2. The molecule has 0 heterocycles. The van der Waals surface area contributed by atoms with Gasteiger partial charge in [0.05, 0.1) is 31.8 Å². The number of aliphatic carboxylic acids is 2. The Morgan fingerprint density at radius 1 is 0.456 bits per heavy atom. The Morgan fingerprint density at radius 3 is 1.24 bits per heavy atom. The zero-order valence-electron chi connectivity index (χ0n) is 45.7. The molecule has 12 atom stereocenters. The van der Waals surface area contributed by atoms with E-state index in [0.717, 1.165) is 6.92 Å². The van der Waals surface area contributed by atoms with Gasteiger partial charge in [0.15, 0.2) is 5.96 Å². The third-order valence-corrected chi connectivity index (χ3v) is 11.8. The molecule has 0 unspecified atom stereocenters. The molecule has 32 heteroatoms. The first-order chi connectivity index (χ1) is 36.9. The molecule has 0 fully saturated rings. The molecule has 0 saturated heterocycles. The monoisotopic (exact) mass is 1130 g/mol. The van der Waals surface area contributed by atoms with Crippen LogP contribution >= 0.6 is 0 Å². The molecule has 0 aliphatic carbocycles. The molecule has 32 nitrogen and oxygen atoms in total. The Labute approximate surface area is 458 Å². The number of aliphatic imine (C=N–C) groups is 1. The second kappa shape index (κ2) is 37.9. The van der Waals surface area contributed by atoms with E-state index in [-0.39, 0.29) is 70.0 Å². The number of hydrogen-bond donors (Lipinski definition) is 20. The number of aliphatic hydroxyl groups is 4. The van der Waals surface area contributed by atoms with Gasteiger partial charge >= 0.3 is 11.9 Å². The van der Waals surface area contributed by atoms with Gasteiger partial charge in [0.1, 0.15) is 60.4 Å². The van der Waals surface area contributed by atoms with Crippen molar-refractivity contribution in [3.8, 4) is 0 Å². The average Bonchev–Trinajstić information content (AvgIpc) is 3.36. The Hall–Kier alpha value is -6.84. The quantitative estimate of drug-likeness (QED) is 0.0154. The van der Waals surface area contributed by atoms with Crippen molar-refractivity contribution >= 4 is 71.1 Å². The molecule has 0 rings (SSSR count). The maximum Gasteiger partial charge on any atom is 0.326 e. The Morgan fingerprint density at radius 2 is 0.835 bits per heavy atom. The predicted molar refractivity (Wildman–Crippen MR) is 283 cm³/mol. The number of rotatable bonds is 40. The number of carboxylic acids is 2. The molecular weight excluding hydrogens is 1050 g/mol. The Bertz CT molecular complexity index is 2040. The van der Waals surface area contributed by atoms with Crippen LogP contribution in [0.15, 0.2) is 4.99 Å². The van der Waals surface area contributed by atoms with E-state index in [4.69, 9.17) is 28.7 Å². The van der Waals surface area contributed by atoms with Crippen LogP contribution in [0.3, 0.4) is 0 Å². The van der Waals surface area contributed by atoms with Crippen molar-refractivity contribution in [2.75, 3.05) is 32.8 Å².